The Balaban J connectivity index is 1.67. The maximum absolute atomic E-state index is 12.5. The fourth-order valence-electron chi connectivity index (χ4n) is 3.56. The molecule has 146 valence electrons. The van der Waals surface area contributed by atoms with Crippen molar-refractivity contribution in [3.8, 4) is 0 Å². The van der Waals surface area contributed by atoms with Gasteiger partial charge in [-0.05, 0) is 48.7 Å². The van der Waals surface area contributed by atoms with Gasteiger partial charge in [-0.15, -0.1) is 0 Å². The second kappa shape index (κ2) is 7.03. The molecular weight excluding hydrogens is 378 g/mol. The number of hydrogen-bond acceptors (Lipinski definition) is 4. The quantitative estimate of drug-likeness (QED) is 0.687. The van der Waals surface area contributed by atoms with Crippen LogP contribution in [0.15, 0.2) is 47.5 Å². The van der Waals surface area contributed by atoms with Crippen molar-refractivity contribution < 1.29 is 18.3 Å². The average Bonchev–Trinajstić information content (AvgIpc) is 2.86. The van der Waals surface area contributed by atoms with Crippen LogP contribution in [-0.4, -0.2) is 46.4 Å². The topological polar surface area (TPSA) is 92.5 Å². The zero-order valence-corrected chi connectivity index (χ0v) is 16.3. The van der Waals surface area contributed by atoms with Gasteiger partial charge >= 0.3 is 5.97 Å². The summed E-state index contributed by atoms with van der Waals surface area (Å²) in [5.74, 6) is -0.883. The summed E-state index contributed by atoms with van der Waals surface area (Å²) in [6.45, 7) is 3.54. The van der Waals surface area contributed by atoms with Crippen molar-refractivity contribution in [1.82, 2.24) is 13.9 Å². The van der Waals surface area contributed by atoms with Gasteiger partial charge in [0, 0.05) is 36.9 Å². The summed E-state index contributed by atoms with van der Waals surface area (Å²) in [5.41, 5.74) is 3.27. The number of aliphatic carboxylic acids is 1. The normalized spacial score (nSPS) is 14.9. The first kappa shape index (κ1) is 18.6. The van der Waals surface area contributed by atoms with Crippen molar-refractivity contribution in [1.29, 1.82) is 0 Å². The maximum Gasteiger partial charge on any atom is 0.307 e. The average molecular weight is 399 g/mol. The molecule has 1 fully saturated rings. The van der Waals surface area contributed by atoms with Gasteiger partial charge in [0.1, 0.15) is 5.65 Å². The molecule has 0 spiro atoms. The van der Waals surface area contributed by atoms with Crippen molar-refractivity contribution in [2.45, 2.75) is 31.2 Å². The lowest BCUT2D eigenvalue weighted by molar-refractivity contribution is -0.136. The van der Waals surface area contributed by atoms with Gasteiger partial charge in [-0.3, -0.25) is 4.79 Å². The van der Waals surface area contributed by atoms with Crippen LogP contribution in [0, 0.1) is 6.92 Å². The van der Waals surface area contributed by atoms with Crippen molar-refractivity contribution in [2.24, 2.45) is 0 Å². The number of nitrogens with zero attached hydrogens (tertiary/aromatic N) is 3. The van der Waals surface area contributed by atoms with Gasteiger partial charge in [-0.1, -0.05) is 12.1 Å². The molecule has 28 heavy (non-hydrogen) atoms. The third kappa shape index (κ3) is 3.18. The van der Waals surface area contributed by atoms with E-state index in [2.05, 4.69) is 4.98 Å². The fraction of sp³-hybridized carbons (Fsp3) is 0.300. The van der Waals surface area contributed by atoms with E-state index in [4.69, 9.17) is 0 Å². The number of pyridine rings is 1. The van der Waals surface area contributed by atoms with E-state index in [1.807, 2.05) is 17.6 Å². The minimum atomic E-state index is -3.40. The Bertz CT molecular complexity index is 1150. The number of carboxylic acids is 1. The molecule has 3 heterocycles. The van der Waals surface area contributed by atoms with Gasteiger partial charge in [-0.25, -0.2) is 13.4 Å². The molecule has 0 radical (unpaired) electrons. The zero-order chi connectivity index (χ0) is 19.9. The highest BCUT2D eigenvalue weighted by atomic mass is 32.2. The Labute approximate surface area is 163 Å². The molecule has 0 aliphatic carbocycles. The smallest absolute Gasteiger partial charge is 0.307 e. The van der Waals surface area contributed by atoms with Gasteiger partial charge in [0.25, 0.3) is 0 Å². The van der Waals surface area contributed by atoms with Gasteiger partial charge in [0.05, 0.1) is 11.3 Å². The number of carbonyl (C=O) groups is 1. The van der Waals surface area contributed by atoms with Gasteiger partial charge in [0.15, 0.2) is 0 Å². The highest BCUT2D eigenvalue weighted by molar-refractivity contribution is 7.89. The molecule has 1 N–H and O–H groups in total. The highest BCUT2D eigenvalue weighted by Gasteiger charge is 2.29. The Kier molecular flexibility index (Phi) is 4.68. The summed E-state index contributed by atoms with van der Waals surface area (Å²) in [6.07, 6.45) is 2.53. The molecule has 8 heteroatoms. The number of fused-ring (bicyclic) bond motifs is 1. The van der Waals surface area contributed by atoms with Crippen LogP contribution in [-0.2, 0) is 27.8 Å². The molecule has 0 unspecified atom stereocenters. The number of hydrogen-bond donors (Lipinski definition) is 1. The van der Waals surface area contributed by atoms with E-state index in [0.29, 0.717) is 24.5 Å². The minimum Gasteiger partial charge on any atom is -0.481 e. The third-order valence-corrected chi connectivity index (χ3v) is 7.17. The van der Waals surface area contributed by atoms with E-state index in [1.165, 1.54) is 4.31 Å². The van der Waals surface area contributed by atoms with E-state index in [9.17, 15) is 18.3 Å². The summed E-state index contributed by atoms with van der Waals surface area (Å²) in [6, 6.07) is 10.6. The van der Waals surface area contributed by atoms with Crippen LogP contribution in [0.25, 0.3) is 11.0 Å². The number of benzene rings is 1. The minimum absolute atomic E-state index is 0.0615. The number of sulfonamides is 1. The van der Waals surface area contributed by atoms with E-state index >= 15 is 0 Å². The molecule has 1 aromatic carbocycles. The molecule has 3 aromatic rings. The van der Waals surface area contributed by atoms with Crippen molar-refractivity contribution in [3.05, 3.63) is 59.4 Å². The first-order valence-corrected chi connectivity index (χ1v) is 10.6. The SMILES string of the molecule is Cc1c(CC(=O)O)c2cccnc2n1Cc1ccc(S(=O)(=O)N2CCC2)cc1. The summed E-state index contributed by atoms with van der Waals surface area (Å²) in [4.78, 5) is 16.0. The van der Waals surface area contributed by atoms with Gasteiger partial charge in [-0.2, -0.15) is 4.31 Å². The van der Waals surface area contributed by atoms with E-state index < -0.39 is 16.0 Å². The van der Waals surface area contributed by atoms with E-state index in [0.717, 1.165) is 34.3 Å². The second-order valence-electron chi connectivity index (χ2n) is 7.00. The molecule has 0 amide bonds. The van der Waals surface area contributed by atoms with Crippen LogP contribution in [0.4, 0.5) is 0 Å². The van der Waals surface area contributed by atoms with E-state index in [-0.39, 0.29) is 6.42 Å². The molecule has 2 aromatic heterocycles. The van der Waals surface area contributed by atoms with Crippen LogP contribution in [0.5, 0.6) is 0 Å². The molecule has 0 saturated carbocycles. The summed E-state index contributed by atoms with van der Waals surface area (Å²) in [5, 5.41) is 10.1. The summed E-state index contributed by atoms with van der Waals surface area (Å²) >= 11 is 0. The zero-order valence-electron chi connectivity index (χ0n) is 15.5. The van der Waals surface area contributed by atoms with Crippen molar-refractivity contribution in [3.63, 3.8) is 0 Å². The Hall–Kier alpha value is -2.71. The molecule has 1 aliphatic heterocycles. The van der Waals surface area contributed by atoms with Crippen LogP contribution < -0.4 is 0 Å². The fourth-order valence-corrected chi connectivity index (χ4v) is 5.08. The molecule has 1 saturated heterocycles. The molecule has 0 bridgehead atoms. The predicted octanol–water partition coefficient (Wildman–Crippen LogP) is 2.41. The predicted molar refractivity (Wildman–Crippen MR) is 105 cm³/mol. The molecule has 1 aliphatic rings. The Morgan fingerprint density at radius 2 is 1.89 bits per heavy atom. The largest absolute Gasteiger partial charge is 0.481 e. The highest BCUT2D eigenvalue weighted by Crippen LogP contribution is 2.27. The lowest BCUT2D eigenvalue weighted by Crippen LogP contribution is -2.41. The first-order valence-electron chi connectivity index (χ1n) is 9.11. The Morgan fingerprint density at radius 1 is 1.18 bits per heavy atom. The van der Waals surface area contributed by atoms with Crippen LogP contribution >= 0.6 is 0 Å². The Morgan fingerprint density at radius 3 is 2.50 bits per heavy atom. The molecule has 0 atom stereocenters. The molecular formula is C20H21N3O4S. The van der Waals surface area contributed by atoms with Crippen LogP contribution in [0.2, 0.25) is 0 Å². The summed E-state index contributed by atoms with van der Waals surface area (Å²) < 4.78 is 28.4. The van der Waals surface area contributed by atoms with Crippen molar-refractivity contribution >= 4 is 27.0 Å². The maximum atomic E-state index is 12.5. The van der Waals surface area contributed by atoms with Gasteiger partial charge < -0.3 is 9.67 Å². The monoisotopic (exact) mass is 399 g/mol. The standard InChI is InChI=1S/C20H21N3O4S/c1-14-18(12-19(24)25)17-4-2-9-21-20(17)23(14)13-15-5-7-16(8-6-15)28(26,27)22-10-3-11-22/h2,4-9H,3,10-13H2,1H3,(H,24,25). The van der Waals surface area contributed by atoms with E-state index in [1.54, 1.807) is 36.5 Å². The van der Waals surface area contributed by atoms with Crippen LogP contribution in [0.1, 0.15) is 23.2 Å². The van der Waals surface area contributed by atoms with Crippen molar-refractivity contribution in [2.75, 3.05) is 13.1 Å². The lowest BCUT2D eigenvalue weighted by Gasteiger charge is -2.29. The molecule has 4 rings (SSSR count). The number of rotatable bonds is 6. The number of aromatic nitrogens is 2. The number of carboxylic acid groups (broad SMARTS) is 1. The second-order valence-corrected chi connectivity index (χ2v) is 8.93. The van der Waals surface area contributed by atoms with Gasteiger partial charge in [0.2, 0.25) is 10.0 Å². The molecule has 7 nitrogen and oxygen atoms in total. The summed E-state index contributed by atoms with van der Waals surface area (Å²) in [7, 11) is -3.40. The lowest BCUT2D eigenvalue weighted by atomic mass is 10.1. The van der Waals surface area contributed by atoms with Crippen LogP contribution in [0.3, 0.4) is 0 Å². The first-order chi connectivity index (χ1) is 13.4. The third-order valence-electron chi connectivity index (χ3n) is 5.25.